The quantitative estimate of drug-likeness (QED) is 0.497. The number of halogens is 1. The van der Waals surface area contributed by atoms with Gasteiger partial charge in [0.2, 0.25) is 0 Å². The molecule has 9 heteroatoms. The number of nitrogens with one attached hydrogen (secondary N) is 1. The number of aryl methyl sites for hydroxylation is 1. The van der Waals surface area contributed by atoms with Crippen molar-refractivity contribution in [3.05, 3.63) is 52.3 Å². The highest BCUT2D eigenvalue weighted by atomic mass is 35.5. The fourth-order valence-corrected chi connectivity index (χ4v) is 4.81. The third-order valence-electron chi connectivity index (χ3n) is 5.99. The molecule has 170 valence electrons. The molecule has 1 atom stereocenters. The standard InChI is InChI=1S/C23H29ClN6OS/c1-5-28(3)22-15(2)14-30-21(25-22)13-19(26-30)20-8-6-7-11-29(20)23(31)17-10-9-16(24)12-18(17)27-32-4/h9-10,12-14,20,27H,5-8,11H2,1-4H3/t20-/m0/s1. The molecule has 1 aliphatic heterocycles. The van der Waals surface area contributed by atoms with Gasteiger partial charge >= 0.3 is 0 Å². The Labute approximate surface area is 198 Å². The van der Waals surface area contributed by atoms with Gasteiger partial charge in [0.25, 0.3) is 5.91 Å². The number of hydrogen-bond donors (Lipinski definition) is 1. The Morgan fingerprint density at radius 3 is 2.91 bits per heavy atom. The number of fused-ring (bicyclic) bond motifs is 1. The van der Waals surface area contributed by atoms with Gasteiger partial charge in [-0.3, -0.25) is 4.79 Å². The molecular weight excluding hydrogens is 444 g/mol. The van der Waals surface area contributed by atoms with Crippen molar-refractivity contribution in [1.82, 2.24) is 19.5 Å². The number of rotatable bonds is 6. The highest BCUT2D eigenvalue weighted by molar-refractivity contribution is 7.99. The van der Waals surface area contributed by atoms with Gasteiger partial charge in [-0.1, -0.05) is 23.5 Å². The van der Waals surface area contributed by atoms with Gasteiger partial charge in [0.1, 0.15) is 5.82 Å². The summed E-state index contributed by atoms with van der Waals surface area (Å²) in [5, 5.41) is 5.42. The SMILES string of the molecule is CCN(C)c1nc2cc([C@@H]3CCCCN3C(=O)c3ccc(Cl)cc3NSC)nn2cc1C. The fourth-order valence-electron chi connectivity index (χ4n) is 4.25. The zero-order valence-electron chi connectivity index (χ0n) is 18.9. The van der Waals surface area contributed by atoms with Crippen LogP contribution in [0.25, 0.3) is 5.65 Å². The van der Waals surface area contributed by atoms with E-state index in [-0.39, 0.29) is 11.9 Å². The van der Waals surface area contributed by atoms with Gasteiger partial charge in [0.15, 0.2) is 5.65 Å². The van der Waals surface area contributed by atoms with Crippen LogP contribution in [0.4, 0.5) is 11.5 Å². The molecule has 32 heavy (non-hydrogen) atoms. The zero-order valence-corrected chi connectivity index (χ0v) is 20.5. The van der Waals surface area contributed by atoms with Crippen molar-refractivity contribution in [3.8, 4) is 0 Å². The first-order valence-electron chi connectivity index (χ1n) is 10.9. The minimum Gasteiger partial charge on any atom is -0.360 e. The van der Waals surface area contributed by atoms with Gasteiger partial charge in [-0.2, -0.15) is 5.10 Å². The number of nitrogens with zero attached hydrogens (tertiary/aromatic N) is 5. The van der Waals surface area contributed by atoms with Crippen molar-refractivity contribution >= 4 is 46.6 Å². The monoisotopic (exact) mass is 472 g/mol. The van der Waals surface area contributed by atoms with Crippen molar-refractivity contribution in [3.63, 3.8) is 0 Å². The van der Waals surface area contributed by atoms with E-state index in [2.05, 4.69) is 16.5 Å². The number of hydrogen-bond acceptors (Lipinski definition) is 6. The molecule has 7 nitrogen and oxygen atoms in total. The second kappa shape index (κ2) is 9.58. The Hall–Kier alpha value is -2.45. The number of anilines is 2. The number of carbonyl (C=O) groups is 1. The number of carbonyl (C=O) groups excluding carboxylic acids is 1. The maximum Gasteiger partial charge on any atom is 0.256 e. The summed E-state index contributed by atoms with van der Waals surface area (Å²) in [6.07, 6.45) is 6.87. The molecule has 0 saturated carbocycles. The van der Waals surface area contributed by atoms with E-state index in [4.69, 9.17) is 21.7 Å². The Morgan fingerprint density at radius 2 is 2.16 bits per heavy atom. The van der Waals surface area contributed by atoms with Gasteiger partial charge in [-0.25, -0.2) is 9.50 Å². The number of aromatic nitrogens is 3. The average molecular weight is 473 g/mol. The number of likely N-dealkylation sites (tertiary alicyclic amines) is 1. The summed E-state index contributed by atoms with van der Waals surface area (Å²) in [5.41, 5.74) is 4.12. The molecule has 0 radical (unpaired) electrons. The second-order valence-electron chi connectivity index (χ2n) is 8.14. The first-order valence-corrected chi connectivity index (χ1v) is 12.5. The predicted molar refractivity (Wildman–Crippen MR) is 133 cm³/mol. The lowest BCUT2D eigenvalue weighted by Gasteiger charge is -2.35. The lowest BCUT2D eigenvalue weighted by molar-refractivity contribution is 0.0607. The summed E-state index contributed by atoms with van der Waals surface area (Å²) in [7, 11) is 2.04. The molecule has 1 aliphatic rings. The van der Waals surface area contributed by atoms with Crippen molar-refractivity contribution in [2.45, 2.75) is 39.2 Å². The number of piperidine rings is 1. The summed E-state index contributed by atoms with van der Waals surface area (Å²) in [6.45, 7) is 5.74. The lowest BCUT2D eigenvalue weighted by atomic mass is 9.98. The van der Waals surface area contributed by atoms with Gasteiger partial charge in [0, 0.05) is 49.2 Å². The van der Waals surface area contributed by atoms with E-state index in [0.717, 1.165) is 54.2 Å². The van der Waals surface area contributed by atoms with Crippen LogP contribution in [0.2, 0.25) is 5.02 Å². The zero-order chi connectivity index (χ0) is 22.8. The summed E-state index contributed by atoms with van der Waals surface area (Å²) in [6, 6.07) is 7.31. The Kier molecular flexibility index (Phi) is 6.81. The molecule has 1 fully saturated rings. The van der Waals surface area contributed by atoms with Crippen LogP contribution in [0, 0.1) is 6.92 Å². The third kappa shape index (κ3) is 4.38. The molecule has 1 N–H and O–H groups in total. The van der Waals surface area contributed by atoms with Crippen molar-refractivity contribution in [2.75, 3.05) is 36.0 Å². The molecule has 4 rings (SSSR count). The first kappa shape index (κ1) is 22.7. The average Bonchev–Trinajstić information content (AvgIpc) is 3.20. The van der Waals surface area contributed by atoms with E-state index in [9.17, 15) is 4.79 Å². The third-order valence-corrected chi connectivity index (χ3v) is 6.65. The van der Waals surface area contributed by atoms with Gasteiger partial charge in [-0.15, -0.1) is 0 Å². The topological polar surface area (TPSA) is 65.8 Å². The van der Waals surface area contributed by atoms with Crippen LogP contribution in [0.15, 0.2) is 30.5 Å². The first-order chi connectivity index (χ1) is 15.4. The van der Waals surface area contributed by atoms with Gasteiger partial charge in [0.05, 0.1) is 23.0 Å². The van der Waals surface area contributed by atoms with Crippen LogP contribution < -0.4 is 9.62 Å². The largest absolute Gasteiger partial charge is 0.360 e. The number of benzene rings is 1. The number of amides is 1. The minimum absolute atomic E-state index is 0.00415. The van der Waals surface area contributed by atoms with E-state index in [0.29, 0.717) is 17.1 Å². The van der Waals surface area contributed by atoms with Crippen LogP contribution >= 0.6 is 23.5 Å². The van der Waals surface area contributed by atoms with Crippen LogP contribution in [0.5, 0.6) is 0 Å². The normalized spacial score (nSPS) is 16.4. The van der Waals surface area contributed by atoms with Crippen LogP contribution in [0.1, 0.15) is 53.8 Å². The second-order valence-corrected chi connectivity index (χ2v) is 9.19. The van der Waals surface area contributed by atoms with Crippen LogP contribution in [-0.4, -0.2) is 51.8 Å². The van der Waals surface area contributed by atoms with Gasteiger partial charge in [-0.05, 0) is 51.3 Å². The molecule has 0 unspecified atom stereocenters. The summed E-state index contributed by atoms with van der Waals surface area (Å²) in [4.78, 5) is 22.5. The maximum absolute atomic E-state index is 13.6. The maximum atomic E-state index is 13.6. The molecule has 0 bridgehead atoms. The van der Waals surface area contributed by atoms with Crippen LogP contribution in [0.3, 0.4) is 0 Å². The summed E-state index contributed by atoms with van der Waals surface area (Å²) in [5.74, 6) is 0.951. The molecule has 0 spiro atoms. The highest BCUT2D eigenvalue weighted by Gasteiger charge is 2.32. The van der Waals surface area contributed by atoms with E-state index < -0.39 is 0 Å². The van der Waals surface area contributed by atoms with Crippen molar-refractivity contribution in [2.24, 2.45) is 0 Å². The Balaban J connectivity index is 1.70. The molecule has 1 aromatic carbocycles. The van der Waals surface area contributed by atoms with Gasteiger partial charge < -0.3 is 14.5 Å². The van der Waals surface area contributed by atoms with E-state index in [1.807, 2.05) is 41.9 Å². The Morgan fingerprint density at radius 1 is 1.34 bits per heavy atom. The predicted octanol–water partition coefficient (Wildman–Crippen LogP) is 5.20. The highest BCUT2D eigenvalue weighted by Crippen LogP contribution is 2.34. The van der Waals surface area contributed by atoms with Crippen LogP contribution in [-0.2, 0) is 0 Å². The summed E-state index contributed by atoms with van der Waals surface area (Å²) >= 11 is 7.61. The minimum atomic E-state index is -0.0802. The molecule has 2 aromatic heterocycles. The Bertz CT molecular complexity index is 1130. The summed E-state index contributed by atoms with van der Waals surface area (Å²) < 4.78 is 5.02. The smallest absolute Gasteiger partial charge is 0.256 e. The van der Waals surface area contributed by atoms with Crippen molar-refractivity contribution < 1.29 is 4.79 Å². The molecular formula is C23H29ClN6OS. The van der Waals surface area contributed by atoms with Crippen molar-refractivity contribution in [1.29, 1.82) is 0 Å². The van der Waals surface area contributed by atoms with E-state index >= 15 is 0 Å². The molecule has 1 amide bonds. The molecule has 3 aromatic rings. The molecule has 1 saturated heterocycles. The molecule has 3 heterocycles. The lowest BCUT2D eigenvalue weighted by Crippen LogP contribution is -2.39. The van der Waals surface area contributed by atoms with E-state index in [1.54, 1.807) is 18.2 Å². The fraction of sp³-hybridized carbons (Fsp3) is 0.435. The van der Waals surface area contributed by atoms with E-state index in [1.165, 1.54) is 11.9 Å². The molecule has 0 aliphatic carbocycles.